The molecule has 0 aliphatic rings. The second kappa shape index (κ2) is 7.53. The van der Waals surface area contributed by atoms with Crippen LogP contribution in [0.15, 0.2) is 24.3 Å². The van der Waals surface area contributed by atoms with Gasteiger partial charge in [0.25, 0.3) is 0 Å². The standard InChI is InChI=1S/C15H21NO4/c1-3-11(4-2)14(18)16-13(15(19)20)9-10-5-7-12(17)8-6-10/h5-8,11,13,17H,3-4,9H2,1-2H3,(H,16,18)(H,19,20). The minimum absolute atomic E-state index is 0.127. The van der Waals surface area contributed by atoms with E-state index in [-0.39, 0.29) is 24.0 Å². The van der Waals surface area contributed by atoms with Crippen molar-refractivity contribution in [1.82, 2.24) is 5.32 Å². The zero-order valence-electron chi connectivity index (χ0n) is 11.8. The van der Waals surface area contributed by atoms with Gasteiger partial charge < -0.3 is 15.5 Å². The molecule has 20 heavy (non-hydrogen) atoms. The highest BCUT2D eigenvalue weighted by Crippen LogP contribution is 2.13. The molecular weight excluding hydrogens is 258 g/mol. The monoisotopic (exact) mass is 279 g/mol. The van der Waals surface area contributed by atoms with Gasteiger partial charge in [-0.05, 0) is 30.5 Å². The third kappa shape index (κ3) is 4.57. The van der Waals surface area contributed by atoms with Crippen LogP contribution in [0.2, 0.25) is 0 Å². The molecule has 1 amide bonds. The molecule has 1 unspecified atom stereocenters. The number of carbonyl (C=O) groups excluding carboxylic acids is 1. The second-order valence-corrected chi connectivity index (χ2v) is 4.78. The van der Waals surface area contributed by atoms with E-state index in [1.54, 1.807) is 12.1 Å². The predicted octanol–water partition coefficient (Wildman–Crippen LogP) is 1.94. The summed E-state index contributed by atoms with van der Waals surface area (Å²) in [5, 5.41) is 21.0. The van der Waals surface area contributed by atoms with Gasteiger partial charge in [0, 0.05) is 12.3 Å². The second-order valence-electron chi connectivity index (χ2n) is 4.78. The number of nitrogens with one attached hydrogen (secondary N) is 1. The van der Waals surface area contributed by atoms with Crippen molar-refractivity contribution < 1.29 is 19.8 Å². The van der Waals surface area contributed by atoms with Crippen LogP contribution < -0.4 is 5.32 Å². The van der Waals surface area contributed by atoms with Gasteiger partial charge in [-0.2, -0.15) is 0 Å². The lowest BCUT2D eigenvalue weighted by Gasteiger charge is -2.18. The molecule has 0 aromatic heterocycles. The van der Waals surface area contributed by atoms with Gasteiger partial charge >= 0.3 is 5.97 Å². The number of aliphatic carboxylic acids is 1. The molecule has 0 spiro atoms. The first kappa shape index (κ1) is 16.0. The number of hydrogen-bond acceptors (Lipinski definition) is 3. The zero-order chi connectivity index (χ0) is 15.1. The molecule has 5 heteroatoms. The summed E-state index contributed by atoms with van der Waals surface area (Å²) in [6, 6.07) is 5.34. The van der Waals surface area contributed by atoms with Gasteiger partial charge in [0.1, 0.15) is 11.8 Å². The van der Waals surface area contributed by atoms with Crippen molar-refractivity contribution in [2.75, 3.05) is 0 Å². The molecule has 0 aliphatic heterocycles. The van der Waals surface area contributed by atoms with Crippen LogP contribution in [0.4, 0.5) is 0 Å². The topological polar surface area (TPSA) is 86.6 Å². The number of carboxylic acid groups (broad SMARTS) is 1. The largest absolute Gasteiger partial charge is 0.508 e. The fourth-order valence-corrected chi connectivity index (χ4v) is 2.02. The van der Waals surface area contributed by atoms with E-state index in [0.717, 1.165) is 5.56 Å². The molecule has 0 radical (unpaired) electrons. The minimum Gasteiger partial charge on any atom is -0.508 e. The van der Waals surface area contributed by atoms with Crippen molar-refractivity contribution in [2.45, 2.75) is 39.2 Å². The maximum absolute atomic E-state index is 12.0. The van der Waals surface area contributed by atoms with Gasteiger partial charge in [-0.15, -0.1) is 0 Å². The smallest absolute Gasteiger partial charge is 0.326 e. The molecule has 1 rings (SSSR count). The van der Waals surface area contributed by atoms with E-state index in [2.05, 4.69) is 5.32 Å². The number of carbonyl (C=O) groups is 2. The van der Waals surface area contributed by atoms with E-state index >= 15 is 0 Å². The number of hydrogen-bond donors (Lipinski definition) is 3. The Kier molecular flexibility index (Phi) is 6.03. The summed E-state index contributed by atoms with van der Waals surface area (Å²) in [4.78, 5) is 23.2. The summed E-state index contributed by atoms with van der Waals surface area (Å²) in [5.41, 5.74) is 0.750. The summed E-state index contributed by atoms with van der Waals surface area (Å²) in [5.74, 6) is -1.31. The van der Waals surface area contributed by atoms with E-state index in [4.69, 9.17) is 0 Å². The molecule has 0 fully saturated rings. The number of phenolic OH excluding ortho intramolecular Hbond substituents is 1. The van der Waals surface area contributed by atoms with Crippen molar-refractivity contribution in [2.24, 2.45) is 5.92 Å². The minimum atomic E-state index is -1.06. The van der Waals surface area contributed by atoms with Crippen molar-refractivity contribution in [3.8, 4) is 5.75 Å². The van der Waals surface area contributed by atoms with Crippen LogP contribution in [0.25, 0.3) is 0 Å². The van der Waals surface area contributed by atoms with E-state index in [1.165, 1.54) is 12.1 Å². The third-order valence-electron chi connectivity index (χ3n) is 3.35. The first-order valence-corrected chi connectivity index (χ1v) is 6.79. The van der Waals surface area contributed by atoms with Crippen LogP contribution in [-0.2, 0) is 16.0 Å². The summed E-state index contributed by atoms with van der Waals surface area (Å²) < 4.78 is 0. The Hall–Kier alpha value is -2.04. The summed E-state index contributed by atoms with van der Waals surface area (Å²) in [6.07, 6.45) is 1.57. The Balaban J connectivity index is 2.72. The first-order valence-electron chi connectivity index (χ1n) is 6.79. The number of phenols is 1. The fraction of sp³-hybridized carbons (Fsp3) is 0.467. The number of carboxylic acids is 1. The molecule has 110 valence electrons. The molecule has 1 aromatic rings. The van der Waals surface area contributed by atoms with Gasteiger partial charge in [0.2, 0.25) is 5.91 Å². The normalized spacial score (nSPS) is 12.2. The third-order valence-corrected chi connectivity index (χ3v) is 3.35. The van der Waals surface area contributed by atoms with Gasteiger partial charge in [-0.3, -0.25) is 4.79 Å². The lowest BCUT2D eigenvalue weighted by molar-refractivity contribution is -0.142. The molecule has 0 aliphatic carbocycles. The maximum atomic E-state index is 12.0. The van der Waals surface area contributed by atoms with Crippen LogP contribution in [-0.4, -0.2) is 28.1 Å². The van der Waals surface area contributed by atoms with Crippen molar-refractivity contribution in [3.63, 3.8) is 0 Å². The van der Waals surface area contributed by atoms with E-state index in [1.807, 2.05) is 13.8 Å². The highest BCUT2D eigenvalue weighted by molar-refractivity contribution is 5.85. The zero-order valence-corrected chi connectivity index (χ0v) is 11.8. The summed E-state index contributed by atoms with van der Waals surface area (Å²) >= 11 is 0. The van der Waals surface area contributed by atoms with Crippen LogP contribution in [0.5, 0.6) is 5.75 Å². The summed E-state index contributed by atoms with van der Waals surface area (Å²) in [6.45, 7) is 3.81. The van der Waals surface area contributed by atoms with Crippen molar-refractivity contribution >= 4 is 11.9 Å². The van der Waals surface area contributed by atoms with E-state index in [0.29, 0.717) is 12.8 Å². The van der Waals surface area contributed by atoms with Crippen LogP contribution in [0, 0.1) is 5.92 Å². The molecule has 0 saturated carbocycles. The number of rotatable bonds is 7. The fourth-order valence-electron chi connectivity index (χ4n) is 2.02. The lowest BCUT2D eigenvalue weighted by Crippen LogP contribution is -2.44. The SMILES string of the molecule is CCC(CC)C(=O)NC(Cc1ccc(O)cc1)C(=O)O. The average molecular weight is 279 g/mol. The Morgan fingerprint density at radius 2 is 1.70 bits per heavy atom. The van der Waals surface area contributed by atoms with E-state index < -0.39 is 12.0 Å². The number of benzene rings is 1. The average Bonchev–Trinajstić information content (AvgIpc) is 2.41. The highest BCUT2D eigenvalue weighted by Gasteiger charge is 2.23. The van der Waals surface area contributed by atoms with E-state index in [9.17, 15) is 19.8 Å². The van der Waals surface area contributed by atoms with Crippen molar-refractivity contribution in [1.29, 1.82) is 0 Å². The van der Waals surface area contributed by atoms with Crippen LogP contribution >= 0.6 is 0 Å². The Morgan fingerprint density at radius 1 is 1.15 bits per heavy atom. The van der Waals surface area contributed by atoms with Crippen LogP contribution in [0.1, 0.15) is 32.3 Å². The molecule has 1 aromatic carbocycles. The highest BCUT2D eigenvalue weighted by atomic mass is 16.4. The maximum Gasteiger partial charge on any atom is 0.326 e. The Morgan fingerprint density at radius 3 is 2.15 bits per heavy atom. The van der Waals surface area contributed by atoms with Gasteiger partial charge in [0.15, 0.2) is 0 Å². The Labute approximate surface area is 118 Å². The molecular formula is C15H21NO4. The quantitative estimate of drug-likeness (QED) is 0.712. The van der Waals surface area contributed by atoms with Gasteiger partial charge in [0.05, 0.1) is 0 Å². The number of amides is 1. The molecule has 5 nitrogen and oxygen atoms in total. The predicted molar refractivity (Wildman–Crippen MR) is 75.4 cm³/mol. The number of aromatic hydroxyl groups is 1. The van der Waals surface area contributed by atoms with Crippen LogP contribution in [0.3, 0.4) is 0 Å². The molecule has 0 heterocycles. The van der Waals surface area contributed by atoms with Gasteiger partial charge in [-0.25, -0.2) is 4.79 Å². The molecule has 0 saturated heterocycles. The molecule has 3 N–H and O–H groups in total. The van der Waals surface area contributed by atoms with Crippen molar-refractivity contribution in [3.05, 3.63) is 29.8 Å². The first-order chi connectivity index (χ1) is 9.47. The summed E-state index contributed by atoms with van der Waals surface area (Å²) in [7, 11) is 0. The molecule has 0 bridgehead atoms. The molecule has 1 atom stereocenters. The Bertz CT molecular complexity index is 451. The van der Waals surface area contributed by atoms with Gasteiger partial charge in [-0.1, -0.05) is 26.0 Å². The lowest BCUT2D eigenvalue weighted by atomic mass is 10.0.